The molecular formula is C50H65N9O7. The molecule has 0 saturated carbocycles. The van der Waals surface area contributed by atoms with Gasteiger partial charge in [0.2, 0.25) is 11.8 Å². The molecule has 5 amide bonds. The Kier molecular flexibility index (Phi) is 14.6. The van der Waals surface area contributed by atoms with Crippen molar-refractivity contribution in [2.75, 3.05) is 47.1 Å². The highest BCUT2D eigenvalue weighted by molar-refractivity contribution is 5.96. The molecule has 3 aliphatic heterocycles. The van der Waals surface area contributed by atoms with Gasteiger partial charge < -0.3 is 34.1 Å². The van der Waals surface area contributed by atoms with E-state index in [0.29, 0.717) is 63.3 Å². The minimum atomic E-state index is -1.13. The molecule has 0 unspecified atom stereocenters. The SMILES string of the molecule is C=CC(=O)N1CCCN(C(=O)N(C)[C@H](C(=O)N[C@H]2Cc3cccc(n3)-c3ccc4c(c3)c(c(-c3cccnc3[C@H](C)OC)n4CC)CC(C)(C)COC(=O)[C@@H]3CCCN(N3)C2=O)C(C)C)C1. The lowest BCUT2D eigenvalue weighted by molar-refractivity contribution is -0.155. The predicted octanol–water partition coefficient (Wildman–Crippen LogP) is 5.90. The average Bonchev–Trinajstić information content (AvgIpc) is 3.62. The number of aromatic nitrogens is 3. The summed E-state index contributed by atoms with van der Waals surface area (Å²) in [6.45, 7) is 17.7. The molecule has 16 heteroatoms. The van der Waals surface area contributed by atoms with Crippen LogP contribution in [0, 0.1) is 11.3 Å². The van der Waals surface area contributed by atoms with E-state index < -0.39 is 47.4 Å². The van der Waals surface area contributed by atoms with Crippen LogP contribution < -0.4 is 10.7 Å². The van der Waals surface area contributed by atoms with Crippen molar-refractivity contribution >= 4 is 40.6 Å². The maximum absolute atomic E-state index is 14.7. The van der Waals surface area contributed by atoms with E-state index in [2.05, 4.69) is 66.9 Å². The zero-order chi connectivity index (χ0) is 47.4. The molecule has 0 radical (unpaired) electrons. The number of fused-ring (bicyclic) bond motifs is 6. The van der Waals surface area contributed by atoms with Gasteiger partial charge in [-0.05, 0) is 93.5 Å². The van der Waals surface area contributed by atoms with Crippen molar-refractivity contribution in [1.82, 2.24) is 45.0 Å². The fraction of sp³-hybridized carbons (Fsp3) is 0.500. The van der Waals surface area contributed by atoms with Gasteiger partial charge in [-0.3, -0.25) is 34.2 Å². The number of methoxy groups -OCH3 is 1. The van der Waals surface area contributed by atoms with Crippen LogP contribution in [-0.4, -0.2) is 129 Å². The van der Waals surface area contributed by atoms with E-state index in [1.807, 2.05) is 45.0 Å². The molecule has 352 valence electrons. The highest BCUT2D eigenvalue weighted by atomic mass is 16.5. The number of aryl methyl sites for hydroxylation is 1. The first kappa shape index (κ1) is 47.8. The highest BCUT2D eigenvalue weighted by Gasteiger charge is 2.39. The smallest absolute Gasteiger partial charge is 0.324 e. The van der Waals surface area contributed by atoms with Crippen molar-refractivity contribution in [2.45, 2.75) is 104 Å². The largest absolute Gasteiger partial charge is 0.464 e. The monoisotopic (exact) mass is 904 g/mol. The molecule has 0 spiro atoms. The maximum Gasteiger partial charge on any atom is 0.324 e. The first-order valence-electron chi connectivity index (χ1n) is 23.1. The number of carbonyl (C=O) groups is 5. The van der Waals surface area contributed by atoms with Gasteiger partial charge in [-0.2, -0.15) is 0 Å². The zero-order valence-corrected chi connectivity index (χ0v) is 39.6. The predicted molar refractivity (Wildman–Crippen MR) is 251 cm³/mol. The molecule has 7 rings (SSSR count). The van der Waals surface area contributed by atoms with Gasteiger partial charge in [-0.25, -0.2) is 10.2 Å². The van der Waals surface area contributed by atoms with Gasteiger partial charge in [-0.15, -0.1) is 0 Å². The molecule has 3 aliphatic rings. The number of hydrogen-bond acceptors (Lipinski definition) is 10. The summed E-state index contributed by atoms with van der Waals surface area (Å²) in [5.74, 6) is -2.06. The van der Waals surface area contributed by atoms with Gasteiger partial charge in [0.25, 0.3) is 5.91 Å². The van der Waals surface area contributed by atoms with Crippen LogP contribution >= 0.6 is 0 Å². The first-order chi connectivity index (χ1) is 31.5. The molecule has 4 atom stereocenters. The Bertz CT molecular complexity index is 2480. The number of benzene rings is 1. The van der Waals surface area contributed by atoms with Crippen LogP contribution in [0.1, 0.15) is 83.9 Å². The van der Waals surface area contributed by atoms with Crippen molar-refractivity contribution in [3.05, 3.63) is 84.3 Å². The third kappa shape index (κ3) is 9.99. The van der Waals surface area contributed by atoms with Crippen molar-refractivity contribution in [1.29, 1.82) is 0 Å². The highest BCUT2D eigenvalue weighted by Crippen LogP contribution is 2.42. The van der Waals surface area contributed by atoms with Crippen LogP contribution in [0.25, 0.3) is 33.4 Å². The summed E-state index contributed by atoms with van der Waals surface area (Å²) >= 11 is 0. The number of rotatable bonds is 9. The van der Waals surface area contributed by atoms with Gasteiger partial charge in [-0.1, -0.05) is 46.4 Å². The van der Waals surface area contributed by atoms with E-state index in [4.69, 9.17) is 19.4 Å². The fourth-order valence-corrected chi connectivity index (χ4v) is 9.61. The molecule has 2 saturated heterocycles. The number of nitrogens with one attached hydrogen (secondary N) is 2. The third-order valence-electron chi connectivity index (χ3n) is 13.0. The number of hydrogen-bond donors (Lipinski definition) is 2. The van der Waals surface area contributed by atoms with Crippen LogP contribution in [0.3, 0.4) is 0 Å². The summed E-state index contributed by atoms with van der Waals surface area (Å²) in [6, 6.07) is 12.7. The Morgan fingerprint density at radius 1 is 1.06 bits per heavy atom. The van der Waals surface area contributed by atoms with Gasteiger partial charge in [0, 0.05) is 86.1 Å². The second kappa shape index (κ2) is 20.2. The van der Waals surface area contributed by atoms with E-state index in [1.54, 1.807) is 30.2 Å². The Hall–Kier alpha value is -6.13. The molecule has 2 N–H and O–H groups in total. The number of esters is 1. The number of nitrogens with zero attached hydrogens (tertiary/aromatic N) is 7. The van der Waals surface area contributed by atoms with Gasteiger partial charge in [0.05, 0.1) is 36.5 Å². The zero-order valence-electron chi connectivity index (χ0n) is 39.6. The molecule has 66 heavy (non-hydrogen) atoms. The van der Waals surface area contributed by atoms with E-state index in [-0.39, 0.29) is 37.6 Å². The van der Waals surface area contributed by atoms with Crippen LogP contribution in [0.2, 0.25) is 0 Å². The van der Waals surface area contributed by atoms with Gasteiger partial charge >= 0.3 is 12.0 Å². The molecule has 6 bridgehead atoms. The van der Waals surface area contributed by atoms with E-state index in [0.717, 1.165) is 39.0 Å². The van der Waals surface area contributed by atoms with Crippen LogP contribution in [0.15, 0.2) is 67.4 Å². The summed E-state index contributed by atoms with van der Waals surface area (Å²) in [5.41, 5.74) is 9.68. The lowest BCUT2D eigenvalue weighted by atomic mass is 9.84. The number of urea groups is 1. The normalized spacial score (nSPS) is 20.0. The number of likely N-dealkylation sites (N-methyl/N-ethyl adjacent to an activating group) is 1. The number of cyclic esters (lactones) is 1. The van der Waals surface area contributed by atoms with Crippen LogP contribution in [0.5, 0.6) is 0 Å². The summed E-state index contributed by atoms with van der Waals surface area (Å²) in [4.78, 5) is 83.9. The van der Waals surface area contributed by atoms with E-state index in [1.165, 1.54) is 16.0 Å². The van der Waals surface area contributed by atoms with Crippen molar-refractivity contribution in [3.8, 4) is 22.5 Å². The Morgan fingerprint density at radius 2 is 1.83 bits per heavy atom. The summed E-state index contributed by atoms with van der Waals surface area (Å²) in [5, 5.41) is 5.45. The maximum atomic E-state index is 14.7. The quantitative estimate of drug-likeness (QED) is 0.152. The number of ether oxygens (including phenoxy) is 2. The van der Waals surface area contributed by atoms with Crippen LogP contribution in [-0.2, 0) is 48.0 Å². The summed E-state index contributed by atoms with van der Waals surface area (Å²) in [6.07, 6.45) is 4.90. The van der Waals surface area contributed by atoms with Gasteiger partial charge in [0.15, 0.2) is 0 Å². The number of carbonyl (C=O) groups excluding carboxylic acids is 5. The summed E-state index contributed by atoms with van der Waals surface area (Å²) < 4.78 is 14.2. The molecular weight excluding hydrogens is 839 g/mol. The second-order valence-corrected chi connectivity index (χ2v) is 18.8. The number of amides is 5. The Morgan fingerprint density at radius 3 is 2.56 bits per heavy atom. The number of pyridine rings is 2. The lowest BCUT2D eigenvalue weighted by Gasteiger charge is -2.40. The average molecular weight is 904 g/mol. The van der Waals surface area contributed by atoms with E-state index in [9.17, 15) is 24.0 Å². The number of hydrazine groups is 1. The minimum Gasteiger partial charge on any atom is -0.464 e. The minimum absolute atomic E-state index is 0.0262. The Labute approximate surface area is 387 Å². The molecule has 3 aromatic heterocycles. The molecule has 2 fully saturated rings. The molecule has 1 aromatic carbocycles. The van der Waals surface area contributed by atoms with Crippen molar-refractivity contribution in [3.63, 3.8) is 0 Å². The molecule has 0 aliphatic carbocycles. The lowest BCUT2D eigenvalue weighted by Crippen LogP contribution is -2.63. The topological polar surface area (TPSA) is 172 Å². The summed E-state index contributed by atoms with van der Waals surface area (Å²) in [7, 11) is 3.25. The standard InChI is InChI=1S/C50H65N9O7/c1-10-42(60)56-23-15-24-57(30-56)49(64)55(8)44(31(3)4)46(61)53-40-27-34-16-12-18-38(52-34)33-20-21-41-36(26-33)37(45(58(41)11-2)35-17-13-22-51-43(35)32(5)65-9)28-50(6,7)29-66-48(63)39-19-14-25-59(54-39)47(40)62/h10,12-13,16-18,20-22,26,31-32,39-40,44,54H,1,11,14-15,19,23-25,27-30H2,2-9H3,(H,53,61)/t32-,39-,40-,44-/m0/s1. The molecule has 6 heterocycles. The molecule has 4 aromatic rings. The van der Waals surface area contributed by atoms with Gasteiger partial charge in [0.1, 0.15) is 18.1 Å². The third-order valence-corrected chi connectivity index (χ3v) is 13.0. The van der Waals surface area contributed by atoms with E-state index >= 15 is 0 Å². The van der Waals surface area contributed by atoms with Crippen molar-refractivity contribution < 1.29 is 33.4 Å². The van der Waals surface area contributed by atoms with Crippen molar-refractivity contribution in [2.24, 2.45) is 11.3 Å². The molecule has 16 nitrogen and oxygen atoms in total. The van der Waals surface area contributed by atoms with Crippen LogP contribution in [0.4, 0.5) is 4.79 Å². The first-order valence-corrected chi connectivity index (χ1v) is 23.1. The Balaban J connectivity index is 1.29. The second-order valence-electron chi connectivity index (χ2n) is 18.8. The fourth-order valence-electron chi connectivity index (χ4n) is 9.61.